The molecule has 1 atom stereocenters. The third-order valence-electron chi connectivity index (χ3n) is 4.00. The van der Waals surface area contributed by atoms with Crippen LogP contribution >= 0.6 is 0 Å². The second-order valence-corrected chi connectivity index (χ2v) is 6.94. The Labute approximate surface area is 124 Å². The Bertz CT molecular complexity index is 295. The van der Waals surface area contributed by atoms with Crippen molar-refractivity contribution in [3.05, 3.63) is 0 Å². The van der Waals surface area contributed by atoms with Crippen molar-refractivity contribution in [2.24, 2.45) is 5.92 Å². The molecule has 0 aliphatic carbocycles. The standard InChI is InChI=1S/C16H33N3O/c1-6-19(7-2)15(20)13-18-10-8-9-14(12-18)11-17-16(3,4)5/h14,17H,6-13H2,1-5H3. The Morgan fingerprint density at radius 2 is 1.95 bits per heavy atom. The summed E-state index contributed by atoms with van der Waals surface area (Å²) in [6, 6.07) is 0. The van der Waals surface area contributed by atoms with Gasteiger partial charge in [-0.05, 0) is 66.5 Å². The van der Waals surface area contributed by atoms with E-state index in [-0.39, 0.29) is 11.4 Å². The monoisotopic (exact) mass is 283 g/mol. The first-order valence-electron chi connectivity index (χ1n) is 8.10. The van der Waals surface area contributed by atoms with E-state index in [9.17, 15) is 4.79 Å². The highest BCUT2D eigenvalue weighted by molar-refractivity contribution is 5.78. The van der Waals surface area contributed by atoms with Crippen LogP contribution in [-0.4, -0.2) is 60.5 Å². The lowest BCUT2D eigenvalue weighted by Gasteiger charge is -2.35. The van der Waals surface area contributed by atoms with Gasteiger partial charge >= 0.3 is 0 Å². The van der Waals surface area contributed by atoms with E-state index >= 15 is 0 Å². The van der Waals surface area contributed by atoms with Crippen molar-refractivity contribution in [3.8, 4) is 0 Å². The van der Waals surface area contributed by atoms with Gasteiger partial charge in [0.1, 0.15) is 0 Å². The normalized spacial score (nSPS) is 20.9. The summed E-state index contributed by atoms with van der Waals surface area (Å²) in [4.78, 5) is 16.4. The average Bonchev–Trinajstić information content (AvgIpc) is 2.37. The zero-order chi connectivity index (χ0) is 15.2. The molecule has 1 rings (SSSR count). The Morgan fingerprint density at radius 1 is 1.30 bits per heavy atom. The van der Waals surface area contributed by atoms with E-state index in [2.05, 4.69) is 31.0 Å². The molecule has 0 bridgehead atoms. The van der Waals surface area contributed by atoms with E-state index in [4.69, 9.17) is 0 Å². The Morgan fingerprint density at radius 3 is 2.50 bits per heavy atom. The highest BCUT2D eigenvalue weighted by Crippen LogP contribution is 2.16. The molecule has 1 aliphatic heterocycles. The maximum Gasteiger partial charge on any atom is 0.236 e. The molecule has 1 fully saturated rings. The zero-order valence-electron chi connectivity index (χ0n) is 14.0. The number of likely N-dealkylation sites (N-methyl/N-ethyl adjacent to an activating group) is 1. The number of carbonyl (C=O) groups is 1. The van der Waals surface area contributed by atoms with Crippen molar-refractivity contribution in [1.82, 2.24) is 15.1 Å². The van der Waals surface area contributed by atoms with Gasteiger partial charge in [-0.3, -0.25) is 9.69 Å². The number of nitrogens with one attached hydrogen (secondary N) is 1. The molecule has 0 radical (unpaired) electrons. The van der Waals surface area contributed by atoms with E-state index in [1.54, 1.807) is 0 Å². The van der Waals surface area contributed by atoms with Crippen molar-refractivity contribution in [2.45, 2.75) is 53.0 Å². The molecule has 118 valence electrons. The number of piperidine rings is 1. The summed E-state index contributed by atoms with van der Waals surface area (Å²) in [7, 11) is 0. The van der Waals surface area contributed by atoms with Crippen molar-refractivity contribution < 1.29 is 4.79 Å². The summed E-state index contributed by atoms with van der Waals surface area (Å²) in [5, 5.41) is 3.59. The molecule has 0 saturated carbocycles. The summed E-state index contributed by atoms with van der Waals surface area (Å²) in [6.45, 7) is 16.1. The van der Waals surface area contributed by atoms with Gasteiger partial charge in [0.05, 0.1) is 6.54 Å². The lowest BCUT2D eigenvalue weighted by atomic mass is 9.96. The zero-order valence-corrected chi connectivity index (χ0v) is 14.0. The minimum absolute atomic E-state index is 0.180. The number of hydrogen-bond donors (Lipinski definition) is 1. The topological polar surface area (TPSA) is 35.6 Å². The van der Waals surface area contributed by atoms with Crippen molar-refractivity contribution >= 4 is 5.91 Å². The van der Waals surface area contributed by atoms with Crippen LogP contribution in [0.25, 0.3) is 0 Å². The molecule has 1 amide bonds. The molecule has 20 heavy (non-hydrogen) atoms. The number of carbonyl (C=O) groups excluding carboxylic acids is 1. The molecule has 1 saturated heterocycles. The predicted molar refractivity (Wildman–Crippen MR) is 84.8 cm³/mol. The minimum atomic E-state index is 0.180. The second kappa shape index (κ2) is 7.99. The fourth-order valence-corrected chi connectivity index (χ4v) is 2.78. The van der Waals surface area contributed by atoms with E-state index in [1.165, 1.54) is 12.8 Å². The second-order valence-electron chi connectivity index (χ2n) is 6.94. The van der Waals surface area contributed by atoms with Crippen LogP contribution in [0.1, 0.15) is 47.5 Å². The van der Waals surface area contributed by atoms with Gasteiger partial charge in [0, 0.05) is 25.2 Å². The molecule has 0 spiro atoms. The van der Waals surface area contributed by atoms with E-state index in [1.807, 2.05) is 18.7 Å². The van der Waals surface area contributed by atoms with E-state index < -0.39 is 0 Å². The maximum absolute atomic E-state index is 12.2. The Balaban J connectivity index is 2.39. The van der Waals surface area contributed by atoms with Crippen molar-refractivity contribution in [3.63, 3.8) is 0 Å². The van der Waals surface area contributed by atoms with Gasteiger partial charge in [-0.15, -0.1) is 0 Å². The lowest BCUT2D eigenvalue weighted by Crippen LogP contribution is -2.47. The molecule has 1 aliphatic rings. The van der Waals surface area contributed by atoms with Crippen molar-refractivity contribution in [1.29, 1.82) is 0 Å². The number of hydrogen-bond acceptors (Lipinski definition) is 3. The fourth-order valence-electron chi connectivity index (χ4n) is 2.78. The average molecular weight is 283 g/mol. The van der Waals surface area contributed by atoms with Crippen LogP contribution in [0.15, 0.2) is 0 Å². The predicted octanol–water partition coefficient (Wildman–Crippen LogP) is 1.95. The number of amides is 1. The molecule has 1 unspecified atom stereocenters. The molecular weight excluding hydrogens is 250 g/mol. The third-order valence-corrected chi connectivity index (χ3v) is 4.00. The van der Waals surface area contributed by atoms with Crippen LogP contribution < -0.4 is 5.32 Å². The van der Waals surface area contributed by atoms with Gasteiger partial charge in [0.2, 0.25) is 5.91 Å². The fraction of sp³-hybridized carbons (Fsp3) is 0.938. The highest BCUT2D eigenvalue weighted by Gasteiger charge is 2.23. The lowest BCUT2D eigenvalue weighted by molar-refractivity contribution is -0.132. The summed E-state index contributed by atoms with van der Waals surface area (Å²) in [5.74, 6) is 0.951. The van der Waals surface area contributed by atoms with Crippen LogP contribution in [0.3, 0.4) is 0 Å². The maximum atomic E-state index is 12.2. The molecule has 0 aromatic heterocycles. The molecule has 4 heteroatoms. The summed E-state index contributed by atoms with van der Waals surface area (Å²) in [5.41, 5.74) is 0.180. The first-order valence-corrected chi connectivity index (χ1v) is 8.10. The van der Waals surface area contributed by atoms with Crippen LogP contribution in [0.2, 0.25) is 0 Å². The van der Waals surface area contributed by atoms with Gasteiger partial charge in [-0.1, -0.05) is 0 Å². The van der Waals surface area contributed by atoms with Crippen LogP contribution in [-0.2, 0) is 4.79 Å². The van der Waals surface area contributed by atoms with Gasteiger partial charge in [0.25, 0.3) is 0 Å². The Kier molecular flexibility index (Phi) is 6.96. The molecule has 1 N–H and O–H groups in total. The molecule has 0 aromatic carbocycles. The smallest absolute Gasteiger partial charge is 0.236 e. The van der Waals surface area contributed by atoms with Gasteiger partial charge in [-0.2, -0.15) is 0 Å². The number of rotatable bonds is 6. The van der Waals surface area contributed by atoms with Gasteiger partial charge in [-0.25, -0.2) is 0 Å². The first kappa shape index (κ1) is 17.4. The summed E-state index contributed by atoms with van der Waals surface area (Å²) in [6.07, 6.45) is 2.49. The molecular formula is C16H33N3O. The third kappa shape index (κ3) is 6.23. The van der Waals surface area contributed by atoms with Crippen LogP contribution in [0.5, 0.6) is 0 Å². The number of likely N-dealkylation sites (tertiary alicyclic amines) is 1. The van der Waals surface area contributed by atoms with Gasteiger partial charge in [0.15, 0.2) is 0 Å². The SMILES string of the molecule is CCN(CC)C(=O)CN1CCCC(CNC(C)(C)C)C1. The molecule has 4 nitrogen and oxygen atoms in total. The molecule has 0 aromatic rings. The number of nitrogens with zero attached hydrogens (tertiary/aromatic N) is 2. The van der Waals surface area contributed by atoms with Crippen molar-refractivity contribution in [2.75, 3.05) is 39.3 Å². The molecule has 1 heterocycles. The quantitative estimate of drug-likeness (QED) is 0.809. The first-order chi connectivity index (χ1) is 9.35. The van der Waals surface area contributed by atoms with E-state index in [0.717, 1.165) is 32.7 Å². The summed E-state index contributed by atoms with van der Waals surface area (Å²) >= 11 is 0. The summed E-state index contributed by atoms with van der Waals surface area (Å²) < 4.78 is 0. The highest BCUT2D eigenvalue weighted by atomic mass is 16.2. The largest absolute Gasteiger partial charge is 0.342 e. The van der Waals surface area contributed by atoms with Gasteiger partial charge < -0.3 is 10.2 Å². The van der Waals surface area contributed by atoms with Crippen LogP contribution in [0, 0.1) is 5.92 Å². The van der Waals surface area contributed by atoms with Crippen LogP contribution in [0.4, 0.5) is 0 Å². The minimum Gasteiger partial charge on any atom is -0.342 e. The van der Waals surface area contributed by atoms with E-state index in [0.29, 0.717) is 12.5 Å². The Hall–Kier alpha value is -0.610.